The van der Waals surface area contributed by atoms with Crippen molar-refractivity contribution in [2.75, 3.05) is 0 Å². The second-order valence-corrected chi connectivity index (χ2v) is 3.83. The molecule has 0 aliphatic heterocycles. The highest BCUT2D eigenvalue weighted by molar-refractivity contribution is 5.27. The molecule has 0 atom stereocenters. The normalized spacial score (nSPS) is 10.5. The SMILES string of the molecule is CCc1cc(C)c(Cc2ccccc2)o1. The quantitative estimate of drug-likeness (QED) is 0.735. The van der Waals surface area contributed by atoms with Crippen LogP contribution >= 0.6 is 0 Å². The fourth-order valence-corrected chi connectivity index (χ4v) is 1.72. The van der Waals surface area contributed by atoms with E-state index in [1.54, 1.807) is 0 Å². The van der Waals surface area contributed by atoms with Crippen molar-refractivity contribution in [2.24, 2.45) is 0 Å². The van der Waals surface area contributed by atoms with Crippen molar-refractivity contribution in [1.29, 1.82) is 0 Å². The summed E-state index contributed by atoms with van der Waals surface area (Å²) in [6.07, 6.45) is 1.86. The molecule has 0 saturated heterocycles. The van der Waals surface area contributed by atoms with Crippen LogP contribution in [0.15, 0.2) is 40.8 Å². The molecule has 0 N–H and O–H groups in total. The molecule has 0 bridgehead atoms. The van der Waals surface area contributed by atoms with Gasteiger partial charge in [-0.1, -0.05) is 37.3 Å². The molecule has 1 heterocycles. The molecule has 78 valence electrons. The van der Waals surface area contributed by atoms with Crippen LogP contribution in [0, 0.1) is 6.92 Å². The lowest BCUT2D eigenvalue weighted by molar-refractivity contribution is 0.476. The van der Waals surface area contributed by atoms with E-state index in [1.165, 1.54) is 11.1 Å². The van der Waals surface area contributed by atoms with E-state index in [4.69, 9.17) is 4.42 Å². The average molecular weight is 200 g/mol. The van der Waals surface area contributed by atoms with E-state index in [0.29, 0.717) is 0 Å². The third-order valence-corrected chi connectivity index (χ3v) is 2.63. The van der Waals surface area contributed by atoms with Gasteiger partial charge in [-0.25, -0.2) is 0 Å². The maximum absolute atomic E-state index is 5.77. The standard InChI is InChI=1S/C14H16O/c1-3-13-9-11(2)14(15-13)10-12-7-5-4-6-8-12/h4-9H,3,10H2,1-2H3. The maximum atomic E-state index is 5.77. The lowest BCUT2D eigenvalue weighted by Gasteiger charge is -1.99. The summed E-state index contributed by atoms with van der Waals surface area (Å²) in [6, 6.07) is 12.6. The van der Waals surface area contributed by atoms with Gasteiger partial charge in [-0.15, -0.1) is 0 Å². The van der Waals surface area contributed by atoms with Gasteiger partial charge in [-0.05, 0) is 24.1 Å². The minimum atomic E-state index is 0.896. The molecule has 0 unspecified atom stereocenters. The lowest BCUT2D eigenvalue weighted by atomic mass is 10.1. The minimum Gasteiger partial charge on any atom is -0.465 e. The summed E-state index contributed by atoms with van der Waals surface area (Å²) in [5, 5.41) is 0. The Morgan fingerprint density at radius 2 is 1.87 bits per heavy atom. The Morgan fingerprint density at radius 1 is 1.13 bits per heavy atom. The van der Waals surface area contributed by atoms with Crippen LogP contribution in [-0.2, 0) is 12.8 Å². The van der Waals surface area contributed by atoms with Crippen molar-refractivity contribution in [3.05, 3.63) is 59.0 Å². The van der Waals surface area contributed by atoms with Gasteiger partial charge in [0.1, 0.15) is 11.5 Å². The first kappa shape index (κ1) is 10.0. The number of aryl methyl sites for hydroxylation is 2. The van der Waals surface area contributed by atoms with E-state index < -0.39 is 0 Å². The third-order valence-electron chi connectivity index (χ3n) is 2.63. The smallest absolute Gasteiger partial charge is 0.111 e. The summed E-state index contributed by atoms with van der Waals surface area (Å²) in [5.41, 5.74) is 2.56. The zero-order chi connectivity index (χ0) is 10.7. The molecule has 0 fully saturated rings. The van der Waals surface area contributed by atoms with Crippen molar-refractivity contribution in [1.82, 2.24) is 0 Å². The Hall–Kier alpha value is -1.50. The molecule has 1 aromatic carbocycles. The first-order valence-electron chi connectivity index (χ1n) is 5.41. The summed E-state index contributed by atoms with van der Waals surface area (Å²) >= 11 is 0. The molecular weight excluding hydrogens is 184 g/mol. The number of hydrogen-bond acceptors (Lipinski definition) is 1. The van der Waals surface area contributed by atoms with E-state index in [0.717, 1.165) is 24.4 Å². The van der Waals surface area contributed by atoms with Crippen LogP contribution in [0.2, 0.25) is 0 Å². The Morgan fingerprint density at radius 3 is 2.47 bits per heavy atom. The topological polar surface area (TPSA) is 13.1 Å². The van der Waals surface area contributed by atoms with Crippen LogP contribution in [0.1, 0.15) is 29.6 Å². The van der Waals surface area contributed by atoms with Crippen LogP contribution in [0.3, 0.4) is 0 Å². The Bertz CT molecular complexity index is 426. The number of furan rings is 1. The molecule has 2 aromatic rings. The molecular formula is C14H16O. The average Bonchev–Trinajstić information content (AvgIpc) is 2.61. The van der Waals surface area contributed by atoms with Gasteiger partial charge in [0, 0.05) is 12.8 Å². The minimum absolute atomic E-state index is 0.896. The molecule has 0 amide bonds. The van der Waals surface area contributed by atoms with Crippen molar-refractivity contribution >= 4 is 0 Å². The molecule has 15 heavy (non-hydrogen) atoms. The summed E-state index contributed by atoms with van der Waals surface area (Å²) in [6.45, 7) is 4.23. The monoisotopic (exact) mass is 200 g/mol. The first-order valence-corrected chi connectivity index (χ1v) is 5.41. The number of hydrogen-bond donors (Lipinski definition) is 0. The van der Waals surface area contributed by atoms with E-state index >= 15 is 0 Å². The maximum Gasteiger partial charge on any atom is 0.111 e. The van der Waals surface area contributed by atoms with E-state index in [1.807, 2.05) is 6.07 Å². The van der Waals surface area contributed by atoms with Gasteiger partial charge in [0.2, 0.25) is 0 Å². The van der Waals surface area contributed by atoms with Crippen molar-refractivity contribution < 1.29 is 4.42 Å². The number of benzene rings is 1. The van der Waals surface area contributed by atoms with Gasteiger partial charge in [-0.2, -0.15) is 0 Å². The molecule has 1 nitrogen and oxygen atoms in total. The van der Waals surface area contributed by atoms with Gasteiger partial charge in [0.25, 0.3) is 0 Å². The highest BCUT2D eigenvalue weighted by Gasteiger charge is 2.06. The fourth-order valence-electron chi connectivity index (χ4n) is 1.72. The van der Waals surface area contributed by atoms with Gasteiger partial charge >= 0.3 is 0 Å². The molecule has 0 radical (unpaired) electrons. The van der Waals surface area contributed by atoms with Crippen molar-refractivity contribution in [2.45, 2.75) is 26.7 Å². The third kappa shape index (κ3) is 2.30. The largest absolute Gasteiger partial charge is 0.465 e. The predicted molar refractivity (Wildman–Crippen MR) is 62.1 cm³/mol. The molecule has 0 aliphatic carbocycles. The highest BCUT2D eigenvalue weighted by Crippen LogP contribution is 2.18. The van der Waals surface area contributed by atoms with Gasteiger partial charge in [0.05, 0.1) is 0 Å². The lowest BCUT2D eigenvalue weighted by Crippen LogP contribution is -1.86. The fraction of sp³-hybridized carbons (Fsp3) is 0.286. The van der Waals surface area contributed by atoms with Crippen molar-refractivity contribution in [3.8, 4) is 0 Å². The van der Waals surface area contributed by atoms with Gasteiger partial charge in [0.15, 0.2) is 0 Å². The Balaban J connectivity index is 2.21. The first-order chi connectivity index (χ1) is 7.29. The zero-order valence-electron chi connectivity index (χ0n) is 9.29. The molecule has 0 spiro atoms. The number of rotatable bonds is 3. The molecule has 0 saturated carbocycles. The van der Waals surface area contributed by atoms with Crippen LogP contribution in [0.5, 0.6) is 0 Å². The van der Waals surface area contributed by atoms with Crippen LogP contribution in [0.25, 0.3) is 0 Å². The van der Waals surface area contributed by atoms with Crippen molar-refractivity contribution in [3.63, 3.8) is 0 Å². The Labute approximate surface area is 90.7 Å². The summed E-state index contributed by atoms with van der Waals surface area (Å²) in [5.74, 6) is 2.18. The molecule has 1 heteroatoms. The van der Waals surface area contributed by atoms with E-state index in [9.17, 15) is 0 Å². The second-order valence-electron chi connectivity index (χ2n) is 3.83. The van der Waals surface area contributed by atoms with Crippen LogP contribution in [-0.4, -0.2) is 0 Å². The van der Waals surface area contributed by atoms with Crippen LogP contribution in [0.4, 0.5) is 0 Å². The predicted octanol–water partition coefficient (Wildman–Crippen LogP) is 3.74. The Kier molecular flexibility index (Phi) is 2.91. The van der Waals surface area contributed by atoms with E-state index in [-0.39, 0.29) is 0 Å². The molecule has 1 aromatic heterocycles. The summed E-state index contributed by atoms with van der Waals surface area (Å²) in [4.78, 5) is 0. The highest BCUT2D eigenvalue weighted by atomic mass is 16.3. The summed E-state index contributed by atoms with van der Waals surface area (Å²) < 4.78 is 5.77. The summed E-state index contributed by atoms with van der Waals surface area (Å²) in [7, 11) is 0. The zero-order valence-corrected chi connectivity index (χ0v) is 9.29. The van der Waals surface area contributed by atoms with E-state index in [2.05, 4.69) is 44.2 Å². The molecule has 0 aliphatic rings. The molecule has 2 rings (SSSR count). The van der Waals surface area contributed by atoms with Gasteiger partial charge < -0.3 is 4.42 Å². The van der Waals surface area contributed by atoms with Gasteiger partial charge in [-0.3, -0.25) is 0 Å². The second kappa shape index (κ2) is 4.35. The van der Waals surface area contributed by atoms with Crippen LogP contribution < -0.4 is 0 Å².